The van der Waals surface area contributed by atoms with Crippen molar-refractivity contribution < 1.29 is 14.3 Å². The lowest BCUT2D eigenvalue weighted by molar-refractivity contribution is -0.119. The quantitative estimate of drug-likeness (QED) is 0.805. The molecule has 2 rings (SSSR count). The summed E-state index contributed by atoms with van der Waals surface area (Å²) in [6.45, 7) is 0. The molecule has 1 amide bonds. The smallest absolute Gasteiger partial charge is 0.222 e. The Kier molecular flexibility index (Phi) is 3.19. The molecule has 1 aliphatic rings. The Morgan fingerprint density at radius 1 is 1.35 bits per heavy atom. The van der Waals surface area contributed by atoms with Gasteiger partial charge in [-0.25, -0.2) is 0 Å². The third-order valence-corrected chi connectivity index (χ3v) is 2.94. The van der Waals surface area contributed by atoms with Crippen LogP contribution >= 0.6 is 0 Å². The van der Waals surface area contributed by atoms with Crippen molar-refractivity contribution >= 4 is 5.91 Å². The molecule has 1 saturated heterocycles. The van der Waals surface area contributed by atoms with Gasteiger partial charge in [-0.15, -0.1) is 0 Å². The second-order valence-electron chi connectivity index (χ2n) is 4.02. The summed E-state index contributed by atoms with van der Waals surface area (Å²) in [7, 11) is 3.19. The molecule has 0 radical (unpaired) electrons. The first kappa shape index (κ1) is 11.7. The molecule has 1 aliphatic heterocycles. The van der Waals surface area contributed by atoms with Gasteiger partial charge in [0, 0.05) is 18.0 Å². The van der Waals surface area contributed by atoms with E-state index in [1.165, 1.54) is 0 Å². The van der Waals surface area contributed by atoms with Crippen LogP contribution in [-0.2, 0) is 4.79 Å². The van der Waals surface area contributed by atoms with Gasteiger partial charge in [0.15, 0.2) is 0 Å². The number of carbonyl (C=O) groups excluding carboxylic acids is 1. The Morgan fingerprint density at radius 2 is 2.12 bits per heavy atom. The minimum Gasteiger partial charge on any atom is -0.497 e. The predicted molar refractivity (Wildman–Crippen MR) is 63.0 cm³/mol. The van der Waals surface area contributed by atoms with Gasteiger partial charge in [0.1, 0.15) is 11.5 Å². The first-order valence-electron chi connectivity index (χ1n) is 5.42. The van der Waals surface area contributed by atoms with Gasteiger partial charge in [-0.1, -0.05) is 0 Å². The molecule has 0 saturated carbocycles. The summed E-state index contributed by atoms with van der Waals surface area (Å²) < 4.78 is 10.4. The molecular formula is C12H16N2O3. The van der Waals surface area contributed by atoms with Crippen molar-refractivity contribution in [2.24, 2.45) is 5.73 Å². The van der Waals surface area contributed by atoms with Crippen molar-refractivity contribution in [3.05, 3.63) is 23.8 Å². The second-order valence-corrected chi connectivity index (χ2v) is 4.02. The van der Waals surface area contributed by atoms with Crippen molar-refractivity contribution in [2.45, 2.75) is 18.5 Å². The van der Waals surface area contributed by atoms with Crippen molar-refractivity contribution in [1.29, 1.82) is 0 Å². The predicted octanol–water partition coefficient (Wildman–Crippen LogP) is 0.592. The van der Waals surface area contributed by atoms with Crippen LogP contribution in [0.3, 0.4) is 0 Å². The Hall–Kier alpha value is -1.75. The molecule has 0 bridgehead atoms. The van der Waals surface area contributed by atoms with Crippen LogP contribution in [0.5, 0.6) is 11.5 Å². The summed E-state index contributed by atoms with van der Waals surface area (Å²) in [6.07, 6.45) is 0.338. The molecule has 92 valence electrons. The Morgan fingerprint density at radius 3 is 2.65 bits per heavy atom. The maximum absolute atomic E-state index is 11.3. The summed E-state index contributed by atoms with van der Waals surface area (Å²) in [6, 6.07) is 5.02. The van der Waals surface area contributed by atoms with Crippen LogP contribution < -0.4 is 20.5 Å². The molecule has 3 N–H and O–H groups in total. The third-order valence-electron chi connectivity index (χ3n) is 2.94. The zero-order chi connectivity index (χ0) is 12.4. The summed E-state index contributed by atoms with van der Waals surface area (Å²) in [4.78, 5) is 11.3. The molecule has 5 nitrogen and oxygen atoms in total. The molecule has 1 heterocycles. The molecule has 17 heavy (non-hydrogen) atoms. The SMILES string of the molecule is COc1ccc(OC)c(C2NC(=O)CC2N)c1. The second kappa shape index (κ2) is 4.63. The van der Waals surface area contributed by atoms with Gasteiger partial charge in [0.05, 0.1) is 20.3 Å². The number of carbonyl (C=O) groups is 1. The van der Waals surface area contributed by atoms with E-state index in [0.717, 1.165) is 5.56 Å². The topological polar surface area (TPSA) is 73.6 Å². The first-order chi connectivity index (χ1) is 8.15. The van der Waals surface area contributed by atoms with Crippen LogP contribution in [0.2, 0.25) is 0 Å². The van der Waals surface area contributed by atoms with Crippen LogP contribution in [-0.4, -0.2) is 26.2 Å². The van der Waals surface area contributed by atoms with Gasteiger partial charge in [-0.2, -0.15) is 0 Å². The van der Waals surface area contributed by atoms with Crippen LogP contribution in [0.4, 0.5) is 0 Å². The number of ether oxygens (including phenoxy) is 2. The van der Waals surface area contributed by atoms with E-state index in [9.17, 15) is 4.79 Å². The zero-order valence-electron chi connectivity index (χ0n) is 9.90. The highest BCUT2D eigenvalue weighted by Gasteiger charge is 2.32. The summed E-state index contributed by atoms with van der Waals surface area (Å²) in [5, 5.41) is 2.85. The van der Waals surface area contributed by atoms with E-state index in [0.29, 0.717) is 17.9 Å². The molecule has 0 aromatic heterocycles. The molecule has 1 aromatic carbocycles. The third kappa shape index (κ3) is 2.19. The first-order valence-corrected chi connectivity index (χ1v) is 5.42. The van der Waals surface area contributed by atoms with Gasteiger partial charge in [-0.05, 0) is 18.2 Å². The van der Waals surface area contributed by atoms with Crippen LogP contribution in [0.25, 0.3) is 0 Å². The standard InChI is InChI=1S/C12H16N2O3/c1-16-7-3-4-10(17-2)8(5-7)12-9(13)6-11(15)14-12/h3-5,9,12H,6,13H2,1-2H3,(H,14,15). The Balaban J connectivity index is 2.38. The van der Waals surface area contributed by atoms with E-state index in [1.807, 2.05) is 18.2 Å². The molecule has 2 atom stereocenters. The molecule has 5 heteroatoms. The van der Waals surface area contributed by atoms with Crippen molar-refractivity contribution in [3.8, 4) is 11.5 Å². The van der Waals surface area contributed by atoms with Gasteiger partial charge < -0.3 is 20.5 Å². The van der Waals surface area contributed by atoms with Gasteiger partial charge >= 0.3 is 0 Å². The van der Waals surface area contributed by atoms with E-state index in [2.05, 4.69) is 5.32 Å². The van der Waals surface area contributed by atoms with Crippen LogP contribution in [0.1, 0.15) is 18.0 Å². The molecule has 1 aromatic rings. The fourth-order valence-corrected chi connectivity index (χ4v) is 2.06. The van der Waals surface area contributed by atoms with Crippen molar-refractivity contribution in [1.82, 2.24) is 5.32 Å². The molecule has 1 fully saturated rings. The highest BCUT2D eigenvalue weighted by molar-refractivity contribution is 5.80. The zero-order valence-corrected chi connectivity index (χ0v) is 9.90. The van der Waals surface area contributed by atoms with E-state index < -0.39 is 0 Å². The number of hydrogen-bond donors (Lipinski definition) is 2. The number of amides is 1. The van der Waals surface area contributed by atoms with Crippen molar-refractivity contribution in [3.63, 3.8) is 0 Å². The van der Waals surface area contributed by atoms with E-state index in [4.69, 9.17) is 15.2 Å². The molecular weight excluding hydrogens is 220 g/mol. The molecule has 0 spiro atoms. The number of nitrogens with two attached hydrogens (primary N) is 1. The Labute approximate surface area is 99.9 Å². The number of methoxy groups -OCH3 is 2. The number of rotatable bonds is 3. The fourth-order valence-electron chi connectivity index (χ4n) is 2.06. The summed E-state index contributed by atoms with van der Waals surface area (Å²) >= 11 is 0. The van der Waals surface area contributed by atoms with Gasteiger partial charge in [0.25, 0.3) is 0 Å². The minimum absolute atomic E-state index is 0.0348. The van der Waals surface area contributed by atoms with E-state index in [1.54, 1.807) is 14.2 Å². The Bertz CT molecular complexity index is 434. The number of benzene rings is 1. The number of nitrogens with one attached hydrogen (secondary N) is 1. The minimum atomic E-state index is -0.233. The fraction of sp³-hybridized carbons (Fsp3) is 0.417. The maximum Gasteiger partial charge on any atom is 0.222 e. The van der Waals surface area contributed by atoms with Gasteiger partial charge in [0.2, 0.25) is 5.91 Å². The normalized spacial score (nSPS) is 23.4. The lowest BCUT2D eigenvalue weighted by Gasteiger charge is -2.19. The highest BCUT2D eigenvalue weighted by atomic mass is 16.5. The molecule has 2 unspecified atom stereocenters. The lowest BCUT2D eigenvalue weighted by Crippen LogP contribution is -2.29. The van der Waals surface area contributed by atoms with E-state index in [-0.39, 0.29) is 18.0 Å². The van der Waals surface area contributed by atoms with Crippen molar-refractivity contribution in [2.75, 3.05) is 14.2 Å². The lowest BCUT2D eigenvalue weighted by atomic mass is 10.0. The van der Waals surface area contributed by atoms with Gasteiger partial charge in [-0.3, -0.25) is 4.79 Å². The average Bonchev–Trinajstić information content (AvgIpc) is 2.67. The maximum atomic E-state index is 11.3. The van der Waals surface area contributed by atoms with Crippen LogP contribution in [0, 0.1) is 0 Å². The molecule has 0 aliphatic carbocycles. The highest BCUT2D eigenvalue weighted by Crippen LogP contribution is 2.33. The largest absolute Gasteiger partial charge is 0.497 e. The van der Waals surface area contributed by atoms with Crippen LogP contribution in [0.15, 0.2) is 18.2 Å². The average molecular weight is 236 g/mol. The summed E-state index contributed by atoms with van der Waals surface area (Å²) in [5.41, 5.74) is 6.79. The monoisotopic (exact) mass is 236 g/mol. The summed E-state index contributed by atoms with van der Waals surface area (Å²) in [5.74, 6) is 1.38. The van der Waals surface area contributed by atoms with E-state index >= 15 is 0 Å². The number of hydrogen-bond acceptors (Lipinski definition) is 4.